The second-order valence-corrected chi connectivity index (χ2v) is 8.93. The highest BCUT2D eigenvalue weighted by molar-refractivity contribution is 6.29. The van der Waals surface area contributed by atoms with Crippen LogP contribution in [0.2, 0.25) is 5.15 Å². The fourth-order valence-corrected chi connectivity index (χ4v) is 5.11. The number of carbonyl (C=O) groups excluding carboxylic acids is 1. The zero-order valence-electron chi connectivity index (χ0n) is 17.6. The van der Waals surface area contributed by atoms with Gasteiger partial charge in [0.05, 0.1) is 17.4 Å². The molecule has 3 heterocycles. The van der Waals surface area contributed by atoms with Crippen LogP contribution in [-0.2, 0) is 11.7 Å². The van der Waals surface area contributed by atoms with E-state index in [0.717, 1.165) is 23.5 Å². The molecule has 3 atom stereocenters. The van der Waals surface area contributed by atoms with Crippen LogP contribution in [0.25, 0.3) is 5.69 Å². The predicted molar refractivity (Wildman–Crippen MR) is 110 cm³/mol. The van der Waals surface area contributed by atoms with Crippen molar-refractivity contribution in [1.82, 2.24) is 30.1 Å². The first-order chi connectivity index (χ1) is 15.6. The molecular weight excluding hydrogens is 463 g/mol. The minimum absolute atomic E-state index is 0.0264. The SMILES string of the molecule is Cc1nnc([C@]23C[C@H](C)C[C@H](C2)N3C(=O)Nc2ccc(C(F)(F)F)c(-n3ncc(Cl)n3)c2)o1. The average Bonchev–Trinajstić information content (AvgIpc) is 3.35. The van der Waals surface area contributed by atoms with Crippen molar-refractivity contribution >= 4 is 23.3 Å². The molecule has 0 radical (unpaired) electrons. The summed E-state index contributed by atoms with van der Waals surface area (Å²) in [6.07, 6.45) is -1.35. The zero-order chi connectivity index (χ0) is 23.5. The van der Waals surface area contributed by atoms with Crippen molar-refractivity contribution in [2.75, 3.05) is 5.32 Å². The van der Waals surface area contributed by atoms with Gasteiger partial charge in [-0.1, -0.05) is 18.5 Å². The Labute approximate surface area is 190 Å². The van der Waals surface area contributed by atoms with Crippen LogP contribution in [0.4, 0.5) is 23.7 Å². The first-order valence-electron chi connectivity index (χ1n) is 10.3. The molecule has 2 fully saturated rings. The van der Waals surface area contributed by atoms with Gasteiger partial charge in [0.2, 0.25) is 11.8 Å². The van der Waals surface area contributed by atoms with Crippen LogP contribution in [0.5, 0.6) is 0 Å². The smallest absolute Gasteiger partial charge is 0.418 e. The quantitative estimate of drug-likeness (QED) is 0.588. The molecule has 13 heteroatoms. The monoisotopic (exact) mass is 481 g/mol. The van der Waals surface area contributed by atoms with E-state index in [1.165, 1.54) is 12.1 Å². The Kier molecular flexibility index (Phi) is 4.89. The van der Waals surface area contributed by atoms with E-state index in [-0.39, 0.29) is 22.6 Å². The maximum atomic E-state index is 13.5. The number of likely N-dealkylation sites (tertiary alicyclic amines) is 1. The van der Waals surface area contributed by atoms with Crippen LogP contribution in [0.1, 0.15) is 43.5 Å². The molecule has 5 rings (SSSR count). The number of nitrogens with one attached hydrogen (secondary N) is 1. The van der Waals surface area contributed by atoms with Crippen LogP contribution in [0.15, 0.2) is 28.8 Å². The number of fused-ring (bicyclic) bond motifs is 2. The molecule has 2 amide bonds. The van der Waals surface area contributed by atoms with E-state index < -0.39 is 23.3 Å². The Bertz CT molecular complexity index is 1230. The Morgan fingerprint density at radius 3 is 2.73 bits per heavy atom. The summed E-state index contributed by atoms with van der Waals surface area (Å²) in [7, 11) is 0. The molecule has 3 aromatic rings. The van der Waals surface area contributed by atoms with Crippen molar-refractivity contribution in [2.24, 2.45) is 5.92 Å². The number of anilines is 1. The molecule has 2 aromatic heterocycles. The fourth-order valence-electron chi connectivity index (χ4n) is 4.99. The van der Waals surface area contributed by atoms with Gasteiger partial charge in [0.15, 0.2) is 5.15 Å². The lowest BCUT2D eigenvalue weighted by Gasteiger charge is -2.61. The molecule has 0 unspecified atom stereocenters. The zero-order valence-corrected chi connectivity index (χ0v) is 18.4. The van der Waals surface area contributed by atoms with Gasteiger partial charge >= 0.3 is 12.2 Å². The van der Waals surface area contributed by atoms with E-state index in [4.69, 9.17) is 16.0 Å². The number of hydrogen-bond acceptors (Lipinski definition) is 6. The predicted octanol–water partition coefficient (Wildman–Crippen LogP) is 4.56. The number of nitrogens with zero attached hydrogens (tertiary/aromatic N) is 6. The number of benzene rings is 1. The standard InChI is InChI=1S/C20H19ClF3N7O2/c1-10-5-13-8-19(7-10,17-28-27-11(2)33-17)30(13)18(32)26-12-3-4-14(20(22,23)24)15(6-12)31-25-9-16(21)29-31/h3-4,6,9-10,13H,5,7-8H2,1-2H3,(H,26,32)/t10-,13-,19+/m1/s1. The maximum Gasteiger partial charge on any atom is 0.418 e. The van der Waals surface area contributed by atoms with E-state index in [9.17, 15) is 18.0 Å². The van der Waals surface area contributed by atoms with Crippen molar-refractivity contribution < 1.29 is 22.4 Å². The number of rotatable bonds is 3. The van der Waals surface area contributed by atoms with E-state index in [1.807, 2.05) is 0 Å². The van der Waals surface area contributed by atoms with E-state index >= 15 is 0 Å². The highest BCUT2D eigenvalue weighted by Crippen LogP contribution is 2.55. The number of aromatic nitrogens is 5. The molecule has 1 aliphatic carbocycles. The lowest BCUT2D eigenvalue weighted by atomic mass is 9.64. The molecule has 9 nitrogen and oxygen atoms in total. The van der Waals surface area contributed by atoms with Gasteiger partial charge in [-0.05, 0) is 37.0 Å². The summed E-state index contributed by atoms with van der Waals surface area (Å²) in [5, 5.41) is 18.3. The molecule has 33 heavy (non-hydrogen) atoms. The number of aryl methyl sites for hydroxylation is 1. The Morgan fingerprint density at radius 2 is 2.09 bits per heavy atom. The van der Waals surface area contributed by atoms with Crippen molar-refractivity contribution in [1.29, 1.82) is 0 Å². The summed E-state index contributed by atoms with van der Waals surface area (Å²) < 4.78 is 46.3. The maximum absolute atomic E-state index is 13.5. The highest BCUT2D eigenvalue weighted by atomic mass is 35.5. The number of halogens is 4. The molecule has 2 aliphatic rings. The van der Waals surface area contributed by atoms with Crippen LogP contribution in [0.3, 0.4) is 0 Å². The van der Waals surface area contributed by atoms with Crippen molar-refractivity contribution in [2.45, 2.75) is 50.9 Å². The molecule has 174 valence electrons. The lowest BCUT2D eigenvalue weighted by Crippen LogP contribution is -2.70. The molecule has 1 aliphatic heterocycles. The topological polar surface area (TPSA) is 102 Å². The van der Waals surface area contributed by atoms with Gasteiger partial charge in [0, 0.05) is 25.1 Å². The summed E-state index contributed by atoms with van der Waals surface area (Å²) in [6, 6.07) is 2.75. The van der Waals surface area contributed by atoms with Gasteiger partial charge in [-0.25, -0.2) is 4.79 Å². The Balaban J connectivity index is 1.46. The number of amides is 2. The summed E-state index contributed by atoms with van der Waals surface area (Å²) in [4.78, 5) is 15.7. The third-order valence-electron chi connectivity index (χ3n) is 6.14. The Morgan fingerprint density at radius 1 is 1.30 bits per heavy atom. The first-order valence-corrected chi connectivity index (χ1v) is 10.6. The largest absolute Gasteiger partial charge is 0.423 e. The highest BCUT2D eigenvalue weighted by Gasteiger charge is 2.62. The summed E-state index contributed by atoms with van der Waals surface area (Å²) in [5.41, 5.74) is -1.88. The number of urea groups is 1. The lowest BCUT2D eigenvalue weighted by molar-refractivity contribution is -0.137. The van der Waals surface area contributed by atoms with E-state index in [1.54, 1.807) is 11.8 Å². The van der Waals surface area contributed by atoms with Gasteiger partial charge in [-0.2, -0.15) is 18.3 Å². The van der Waals surface area contributed by atoms with Gasteiger partial charge < -0.3 is 14.6 Å². The first kappa shape index (κ1) is 21.7. The van der Waals surface area contributed by atoms with Crippen molar-refractivity contribution in [3.05, 3.63) is 46.9 Å². The number of hydrogen-bond donors (Lipinski definition) is 1. The number of alkyl halides is 3. The molecule has 1 saturated carbocycles. The van der Waals surface area contributed by atoms with E-state index in [0.29, 0.717) is 30.5 Å². The number of piperidine rings is 1. The summed E-state index contributed by atoms with van der Waals surface area (Å²) in [6.45, 7) is 3.78. The van der Waals surface area contributed by atoms with Gasteiger partial charge in [0.25, 0.3) is 0 Å². The number of carbonyl (C=O) groups is 1. The van der Waals surface area contributed by atoms with Crippen LogP contribution in [-0.4, -0.2) is 42.2 Å². The Hall–Kier alpha value is -3.15. The molecule has 0 spiro atoms. The third-order valence-corrected chi connectivity index (χ3v) is 6.31. The summed E-state index contributed by atoms with van der Waals surface area (Å²) in [5.74, 6) is 1.13. The minimum atomic E-state index is -4.65. The van der Waals surface area contributed by atoms with Crippen LogP contribution in [0, 0.1) is 12.8 Å². The van der Waals surface area contributed by atoms with Crippen molar-refractivity contribution in [3.8, 4) is 5.69 Å². The fraction of sp³-hybridized carbons (Fsp3) is 0.450. The van der Waals surface area contributed by atoms with Gasteiger partial charge in [-0.3, -0.25) is 0 Å². The molecular formula is C20H19ClF3N7O2. The third kappa shape index (κ3) is 3.62. The average molecular weight is 482 g/mol. The minimum Gasteiger partial charge on any atom is -0.423 e. The molecule has 1 saturated heterocycles. The van der Waals surface area contributed by atoms with Crippen molar-refractivity contribution in [3.63, 3.8) is 0 Å². The van der Waals surface area contributed by atoms with Gasteiger partial charge in [-0.15, -0.1) is 20.1 Å². The molecule has 2 bridgehead atoms. The van der Waals surface area contributed by atoms with Crippen LogP contribution < -0.4 is 5.32 Å². The normalized spacial score (nSPS) is 24.5. The van der Waals surface area contributed by atoms with E-state index in [2.05, 4.69) is 32.6 Å². The van der Waals surface area contributed by atoms with Gasteiger partial charge in [0.1, 0.15) is 5.54 Å². The van der Waals surface area contributed by atoms with Crippen LogP contribution >= 0.6 is 11.6 Å². The molecule has 1 aromatic carbocycles. The second kappa shape index (κ2) is 7.44. The second-order valence-electron chi connectivity index (χ2n) is 8.55. The molecule has 1 N–H and O–H groups in total. The summed E-state index contributed by atoms with van der Waals surface area (Å²) >= 11 is 5.74.